The molecule has 24 heavy (non-hydrogen) atoms. The van der Waals surface area contributed by atoms with Crippen molar-refractivity contribution in [2.24, 2.45) is 0 Å². The second kappa shape index (κ2) is 6.23. The Morgan fingerprint density at radius 1 is 0.958 bits per heavy atom. The first-order chi connectivity index (χ1) is 11.6. The van der Waals surface area contributed by atoms with E-state index in [0.717, 1.165) is 0 Å². The Hall–Kier alpha value is -3.02. The molecule has 0 atom stereocenters. The summed E-state index contributed by atoms with van der Waals surface area (Å²) >= 11 is 0. The zero-order valence-electron chi connectivity index (χ0n) is 14.0. The molecule has 0 saturated carbocycles. The summed E-state index contributed by atoms with van der Waals surface area (Å²) in [5, 5.41) is 0.553. The number of fused-ring (bicyclic) bond motifs is 1. The van der Waals surface area contributed by atoms with Crippen molar-refractivity contribution in [2.45, 2.75) is 6.92 Å². The summed E-state index contributed by atoms with van der Waals surface area (Å²) in [4.78, 5) is 17.4. The van der Waals surface area contributed by atoms with Crippen LogP contribution in [0, 0.1) is 6.92 Å². The molecule has 1 aromatic heterocycles. The Kier molecular flexibility index (Phi) is 4.12. The summed E-state index contributed by atoms with van der Waals surface area (Å²) in [7, 11) is 4.61. The van der Waals surface area contributed by atoms with E-state index in [1.807, 2.05) is 18.2 Å². The summed E-state index contributed by atoms with van der Waals surface area (Å²) in [5.41, 5.74) is 1.13. The maximum absolute atomic E-state index is 12.9. The Bertz CT molecular complexity index is 938. The van der Waals surface area contributed by atoms with E-state index in [9.17, 15) is 4.79 Å². The summed E-state index contributed by atoms with van der Waals surface area (Å²) < 4.78 is 17.6. The molecule has 6 nitrogen and oxygen atoms in total. The van der Waals surface area contributed by atoms with Gasteiger partial charge in [-0.25, -0.2) is 4.98 Å². The van der Waals surface area contributed by atoms with Crippen LogP contribution in [0.3, 0.4) is 0 Å². The molecule has 3 aromatic rings. The van der Waals surface area contributed by atoms with Crippen LogP contribution in [0.1, 0.15) is 5.82 Å². The van der Waals surface area contributed by atoms with Crippen LogP contribution in [-0.2, 0) is 0 Å². The maximum atomic E-state index is 12.9. The molecule has 0 aliphatic rings. The van der Waals surface area contributed by atoms with Crippen LogP contribution in [0.5, 0.6) is 17.2 Å². The molecule has 6 heteroatoms. The molecule has 3 rings (SSSR count). The molecular weight excluding hydrogens is 308 g/mol. The van der Waals surface area contributed by atoms with Gasteiger partial charge < -0.3 is 14.2 Å². The van der Waals surface area contributed by atoms with Crippen molar-refractivity contribution in [1.29, 1.82) is 0 Å². The highest BCUT2D eigenvalue weighted by molar-refractivity contribution is 5.78. The van der Waals surface area contributed by atoms with Crippen molar-refractivity contribution in [3.8, 4) is 22.9 Å². The summed E-state index contributed by atoms with van der Waals surface area (Å²) in [6.45, 7) is 1.79. The standard InChI is InChI=1S/C18H18N2O4/c1-11-19-14-8-6-5-7-13(14)18(21)20(11)12-9-15(22-2)17(24-4)16(10-12)23-3/h5-10H,1-4H3. The largest absolute Gasteiger partial charge is 0.493 e. The number of nitrogens with zero attached hydrogens (tertiary/aromatic N) is 2. The van der Waals surface area contributed by atoms with Gasteiger partial charge in [0.1, 0.15) is 5.82 Å². The Labute approximate surface area is 139 Å². The molecule has 0 aliphatic heterocycles. The van der Waals surface area contributed by atoms with Gasteiger partial charge in [-0.3, -0.25) is 9.36 Å². The summed E-state index contributed by atoms with van der Waals surface area (Å²) in [6, 6.07) is 10.7. The number of methoxy groups -OCH3 is 3. The van der Waals surface area contributed by atoms with Crippen LogP contribution in [0.25, 0.3) is 16.6 Å². The molecular formula is C18H18N2O4. The van der Waals surface area contributed by atoms with Crippen LogP contribution in [0.2, 0.25) is 0 Å². The Balaban J connectivity index is 2.34. The van der Waals surface area contributed by atoms with Gasteiger partial charge in [-0.1, -0.05) is 12.1 Å². The van der Waals surface area contributed by atoms with Crippen molar-refractivity contribution in [1.82, 2.24) is 9.55 Å². The zero-order chi connectivity index (χ0) is 17.3. The highest BCUT2D eigenvalue weighted by Gasteiger charge is 2.17. The number of para-hydroxylation sites is 1. The average Bonchev–Trinajstić information content (AvgIpc) is 2.60. The van der Waals surface area contributed by atoms with Gasteiger partial charge in [0.05, 0.1) is 37.9 Å². The minimum Gasteiger partial charge on any atom is -0.493 e. The number of hydrogen-bond acceptors (Lipinski definition) is 5. The lowest BCUT2D eigenvalue weighted by Gasteiger charge is -2.16. The molecule has 2 aromatic carbocycles. The van der Waals surface area contributed by atoms with E-state index in [0.29, 0.717) is 39.7 Å². The van der Waals surface area contributed by atoms with Crippen molar-refractivity contribution >= 4 is 10.9 Å². The SMILES string of the molecule is COc1cc(-n2c(C)nc3ccccc3c2=O)cc(OC)c1OC. The van der Waals surface area contributed by atoms with E-state index in [2.05, 4.69) is 4.98 Å². The molecule has 0 saturated heterocycles. The number of aryl methyl sites for hydroxylation is 1. The molecule has 0 radical (unpaired) electrons. The van der Waals surface area contributed by atoms with Gasteiger partial charge >= 0.3 is 0 Å². The van der Waals surface area contributed by atoms with E-state index in [1.165, 1.54) is 25.9 Å². The lowest BCUT2D eigenvalue weighted by atomic mass is 10.2. The van der Waals surface area contributed by atoms with E-state index in [4.69, 9.17) is 14.2 Å². The second-order valence-electron chi connectivity index (χ2n) is 5.20. The fourth-order valence-corrected chi connectivity index (χ4v) is 2.74. The third kappa shape index (κ3) is 2.46. The minimum absolute atomic E-state index is 0.146. The van der Waals surface area contributed by atoms with Crippen molar-refractivity contribution in [3.63, 3.8) is 0 Å². The first-order valence-corrected chi connectivity index (χ1v) is 7.39. The average molecular weight is 326 g/mol. The van der Waals surface area contributed by atoms with Crippen LogP contribution in [-0.4, -0.2) is 30.9 Å². The quantitative estimate of drug-likeness (QED) is 0.738. The van der Waals surface area contributed by atoms with Crippen molar-refractivity contribution < 1.29 is 14.2 Å². The number of ether oxygens (including phenoxy) is 3. The van der Waals surface area contributed by atoms with Gasteiger partial charge in [-0.05, 0) is 19.1 Å². The normalized spacial score (nSPS) is 10.7. The van der Waals surface area contributed by atoms with Gasteiger partial charge in [-0.15, -0.1) is 0 Å². The van der Waals surface area contributed by atoms with Crippen molar-refractivity contribution in [3.05, 3.63) is 52.6 Å². The highest BCUT2D eigenvalue weighted by atomic mass is 16.5. The molecule has 0 spiro atoms. The predicted octanol–water partition coefficient (Wildman–Crippen LogP) is 2.72. The summed E-state index contributed by atoms with van der Waals surface area (Å²) in [5.74, 6) is 2.01. The molecule has 0 fully saturated rings. The topological polar surface area (TPSA) is 62.6 Å². The van der Waals surface area contributed by atoms with E-state index in [-0.39, 0.29) is 5.56 Å². The molecule has 0 amide bonds. The first kappa shape index (κ1) is 15.9. The summed E-state index contributed by atoms with van der Waals surface area (Å²) in [6.07, 6.45) is 0. The van der Waals surface area contributed by atoms with Gasteiger partial charge in [-0.2, -0.15) is 0 Å². The monoisotopic (exact) mass is 326 g/mol. The number of aromatic nitrogens is 2. The third-order valence-corrected chi connectivity index (χ3v) is 3.85. The molecule has 0 bridgehead atoms. The van der Waals surface area contributed by atoms with Crippen LogP contribution < -0.4 is 19.8 Å². The van der Waals surface area contributed by atoms with Gasteiger partial charge in [0.15, 0.2) is 11.5 Å². The van der Waals surface area contributed by atoms with E-state index >= 15 is 0 Å². The lowest BCUT2D eigenvalue weighted by Crippen LogP contribution is -2.22. The molecule has 1 heterocycles. The van der Waals surface area contributed by atoms with E-state index < -0.39 is 0 Å². The molecule has 0 aliphatic carbocycles. The van der Waals surface area contributed by atoms with Crippen LogP contribution in [0.15, 0.2) is 41.2 Å². The van der Waals surface area contributed by atoms with Gasteiger partial charge in [0.25, 0.3) is 5.56 Å². The Morgan fingerprint density at radius 3 is 2.17 bits per heavy atom. The maximum Gasteiger partial charge on any atom is 0.265 e. The van der Waals surface area contributed by atoms with Gasteiger partial charge in [0, 0.05) is 12.1 Å². The second-order valence-corrected chi connectivity index (χ2v) is 5.20. The molecule has 0 unspecified atom stereocenters. The smallest absolute Gasteiger partial charge is 0.265 e. The number of rotatable bonds is 4. The van der Waals surface area contributed by atoms with Crippen LogP contribution >= 0.6 is 0 Å². The van der Waals surface area contributed by atoms with Gasteiger partial charge in [0.2, 0.25) is 5.75 Å². The number of benzene rings is 2. The third-order valence-electron chi connectivity index (χ3n) is 3.85. The Morgan fingerprint density at radius 2 is 1.58 bits per heavy atom. The highest BCUT2D eigenvalue weighted by Crippen LogP contribution is 2.39. The number of hydrogen-bond donors (Lipinski definition) is 0. The fourth-order valence-electron chi connectivity index (χ4n) is 2.74. The predicted molar refractivity (Wildman–Crippen MR) is 91.7 cm³/mol. The van der Waals surface area contributed by atoms with E-state index in [1.54, 1.807) is 25.1 Å². The fraction of sp³-hybridized carbons (Fsp3) is 0.222. The minimum atomic E-state index is -0.146. The lowest BCUT2D eigenvalue weighted by molar-refractivity contribution is 0.324. The van der Waals surface area contributed by atoms with Crippen LogP contribution in [0.4, 0.5) is 0 Å². The van der Waals surface area contributed by atoms with Crippen molar-refractivity contribution in [2.75, 3.05) is 21.3 Å². The molecule has 0 N–H and O–H groups in total. The molecule has 124 valence electrons. The first-order valence-electron chi connectivity index (χ1n) is 7.39. The zero-order valence-corrected chi connectivity index (χ0v) is 14.0.